The molecule has 0 saturated carbocycles. The van der Waals surface area contributed by atoms with Gasteiger partial charge in [-0.1, -0.05) is 51.9 Å². The summed E-state index contributed by atoms with van der Waals surface area (Å²) in [5.41, 5.74) is 1.67. The molecule has 1 aliphatic rings. The number of unbranched alkanes of at least 4 members (excludes halogenated alkanes) is 1. The Hall–Kier alpha value is -0.243. The zero-order chi connectivity index (χ0) is 14.6. The summed E-state index contributed by atoms with van der Waals surface area (Å²) >= 11 is 0. The monoisotopic (exact) mass is 295 g/mol. The Bertz CT molecular complexity index is 271. The highest BCUT2D eigenvalue weighted by atomic mass is 28.3. The molecule has 0 heterocycles. The van der Waals surface area contributed by atoms with E-state index in [1.807, 2.05) is 0 Å². The van der Waals surface area contributed by atoms with Gasteiger partial charge in [0.2, 0.25) is 0 Å². The number of allylic oxidation sites excluding steroid dienone is 2. The number of hydrogen-bond acceptors (Lipinski definition) is 1. The van der Waals surface area contributed by atoms with Gasteiger partial charge in [-0.15, -0.1) is 0 Å². The van der Waals surface area contributed by atoms with Crippen LogP contribution in [0.25, 0.3) is 0 Å². The van der Waals surface area contributed by atoms with E-state index in [1.165, 1.54) is 89.2 Å². The molecular weight excluding hydrogens is 260 g/mol. The summed E-state index contributed by atoms with van der Waals surface area (Å²) in [4.78, 5) is 0. The lowest BCUT2D eigenvalue weighted by Gasteiger charge is -2.20. The quantitative estimate of drug-likeness (QED) is 0.518. The van der Waals surface area contributed by atoms with Crippen LogP contribution in [0.2, 0.25) is 13.1 Å². The fourth-order valence-corrected chi connectivity index (χ4v) is 3.76. The SMILES string of the molecule is CCCC/C1=C(\O[Si](C)C)CCCCCCCCCC1. The first-order valence-corrected chi connectivity index (χ1v) is 11.3. The van der Waals surface area contributed by atoms with Crippen LogP contribution in [0.15, 0.2) is 11.3 Å². The van der Waals surface area contributed by atoms with Crippen molar-refractivity contribution in [3.05, 3.63) is 11.3 Å². The van der Waals surface area contributed by atoms with Crippen LogP contribution in [0.3, 0.4) is 0 Å². The maximum atomic E-state index is 6.29. The van der Waals surface area contributed by atoms with Crippen molar-refractivity contribution < 1.29 is 4.43 Å². The fourth-order valence-electron chi connectivity index (χ4n) is 3.02. The zero-order valence-electron chi connectivity index (χ0n) is 14.1. The van der Waals surface area contributed by atoms with Crippen molar-refractivity contribution in [2.24, 2.45) is 0 Å². The molecule has 0 bridgehead atoms. The topological polar surface area (TPSA) is 9.23 Å². The van der Waals surface area contributed by atoms with Crippen molar-refractivity contribution in [2.45, 2.75) is 103 Å². The van der Waals surface area contributed by atoms with Crippen LogP contribution < -0.4 is 0 Å². The lowest BCUT2D eigenvalue weighted by Crippen LogP contribution is -2.10. The number of rotatable bonds is 5. The van der Waals surface area contributed by atoms with Crippen molar-refractivity contribution in [1.29, 1.82) is 0 Å². The van der Waals surface area contributed by atoms with E-state index < -0.39 is 9.04 Å². The average Bonchev–Trinajstić information content (AvgIpc) is 2.40. The molecule has 0 amide bonds. The molecule has 0 aromatic heterocycles. The summed E-state index contributed by atoms with van der Waals surface area (Å²) in [6.45, 7) is 6.84. The van der Waals surface area contributed by atoms with E-state index in [0.29, 0.717) is 0 Å². The van der Waals surface area contributed by atoms with Gasteiger partial charge in [0.1, 0.15) is 0 Å². The standard InChI is InChI=1S/C18H35OSi/c1-4-5-14-17-15-12-10-8-6-7-9-11-13-16-18(17)19-20(2)3/h4-16H2,1-3H3/b18-17+. The lowest BCUT2D eigenvalue weighted by atomic mass is 9.96. The van der Waals surface area contributed by atoms with E-state index >= 15 is 0 Å². The minimum Gasteiger partial charge on any atom is -0.546 e. The second-order valence-corrected chi connectivity index (χ2v) is 8.49. The molecule has 1 nitrogen and oxygen atoms in total. The summed E-state index contributed by atoms with van der Waals surface area (Å²) in [6, 6.07) is 0. The van der Waals surface area contributed by atoms with Gasteiger partial charge in [-0.2, -0.15) is 0 Å². The van der Waals surface area contributed by atoms with Gasteiger partial charge in [0.05, 0.1) is 5.76 Å². The molecule has 0 N–H and O–H groups in total. The predicted octanol–water partition coefficient (Wildman–Crippen LogP) is 6.61. The zero-order valence-corrected chi connectivity index (χ0v) is 15.1. The molecule has 0 atom stereocenters. The van der Waals surface area contributed by atoms with Crippen LogP contribution in [-0.2, 0) is 4.43 Å². The third kappa shape index (κ3) is 8.14. The van der Waals surface area contributed by atoms with Crippen LogP contribution in [0.1, 0.15) is 90.4 Å². The number of hydrogen-bond donors (Lipinski definition) is 0. The third-order valence-corrected chi connectivity index (χ3v) is 4.84. The van der Waals surface area contributed by atoms with Crippen molar-refractivity contribution in [3.63, 3.8) is 0 Å². The molecule has 0 saturated heterocycles. The average molecular weight is 296 g/mol. The van der Waals surface area contributed by atoms with Crippen molar-refractivity contribution in [2.75, 3.05) is 0 Å². The normalized spacial score (nSPS) is 23.2. The van der Waals surface area contributed by atoms with Crippen molar-refractivity contribution in [3.8, 4) is 0 Å². The summed E-state index contributed by atoms with van der Waals surface area (Å²) < 4.78 is 6.29. The summed E-state index contributed by atoms with van der Waals surface area (Å²) in [5, 5.41) is 0. The van der Waals surface area contributed by atoms with Gasteiger partial charge in [0, 0.05) is 6.42 Å². The van der Waals surface area contributed by atoms with Crippen LogP contribution in [0.5, 0.6) is 0 Å². The van der Waals surface area contributed by atoms with Gasteiger partial charge in [-0.25, -0.2) is 0 Å². The molecule has 0 unspecified atom stereocenters. The maximum absolute atomic E-state index is 6.29. The van der Waals surface area contributed by atoms with Gasteiger partial charge in [-0.05, 0) is 50.8 Å². The minimum atomic E-state index is -0.613. The highest BCUT2D eigenvalue weighted by molar-refractivity contribution is 6.48. The molecule has 0 spiro atoms. The predicted molar refractivity (Wildman–Crippen MR) is 91.3 cm³/mol. The molecular formula is C18H35OSi. The van der Waals surface area contributed by atoms with E-state index in [9.17, 15) is 0 Å². The van der Waals surface area contributed by atoms with E-state index in [2.05, 4.69) is 20.0 Å². The molecule has 0 aromatic carbocycles. The molecule has 0 fully saturated rings. The van der Waals surface area contributed by atoms with Gasteiger partial charge < -0.3 is 4.43 Å². The van der Waals surface area contributed by atoms with Crippen LogP contribution in [0.4, 0.5) is 0 Å². The molecule has 117 valence electrons. The molecule has 1 radical (unpaired) electrons. The molecule has 1 aliphatic carbocycles. The third-order valence-electron chi connectivity index (χ3n) is 4.19. The van der Waals surface area contributed by atoms with Crippen molar-refractivity contribution in [1.82, 2.24) is 0 Å². The maximum Gasteiger partial charge on any atom is 0.273 e. The lowest BCUT2D eigenvalue weighted by molar-refractivity contribution is 0.389. The smallest absolute Gasteiger partial charge is 0.273 e. The Morgan fingerprint density at radius 3 is 1.95 bits per heavy atom. The van der Waals surface area contributed by atoms with E-state index in [-0.39, 0.29) is 0 Å². The second-order valence-electron chi connectivity index (χ2n) is 6.47. The Labute approximate surface area is 128 Å². The molecule has 1 rings (SSSR count). The van der Waals surface area contributed by atoms with E-state index in [1.54, 1.807) is 5.57 Å². The van der Waals surface area contributed by atoms with Gasteiger partial charge in [0.15, 0.2) is 0 Å². The summed E-state index contributed by atoms with van der Waals surface area (Å²) in [7, 11) is -0.613. The van der Waals surface area contributed by atoms with Crippen LogP contribution >= 0.6 is 0 Å². The molecule has 20 heavy (non-hydrogen) atoms. The molecule has 0 aliphatic heterocycles. The fraction of sp³-hybridized carbons (Fsp3) is 0.889. The molecule has 2 heteroatoms. The van der Waals surface area contributed by atoms with Gasteiger partial charge in [-0.3, -0.25) is 0 Å². The Balaban J connectivity index is 2.70. The second kappa shape index (κ2) is 11.4. The summed E-state index contributed by atoms with van der Waals surface area (Å²) in [5.74, 6) is 1.40. The highest BCUT2D eigenvalue weighted by Gasteiger charge is 2.11. The van der Waals surface area contributed by atoms with E-state index in [4.69, 9.17) is 4.43 Å². The van der Waals surface area contributed by atoms with Gasteiger partial charge in [0.25, 0.3) is 9.04 Å². The van der Waals surface area contributed by atoms with Crippen molar-refractivity contribution >= 4 is 9.04 Å². The Morgan fingerprint density at radius 2 is 1.40 bits per heavy atom. The van der Waals surface area contributed by atoms with Crippen LogP contribution in [-0.4, -0.2) is 9.04 Å². The molecule has 0 aromatic rings. The first-order valence-electron chi connectivity index (χ1n) is 8.93. The minimum absolute atomic E-state index is 0.613. The summed E-state index contributed by atoms with van der Waals surface area (Å²) in [6.07, 6.45) is 17.7. The Kier molecular flexibility index (Phi) is 10.2. The largest absolute Gasteiger partial charge is 0.546 e. The van der Waals surface area contributed by atoms with Crippen LogP contribution in [0, 0.1) is 0 Å². The van der Waals surface area contributed by atoms with Gasteiger partial charge >= 0.3 is 0 Å². The Morgan fingerprint density at radius 1 is 0.850 bits per heavy atom. The highest BCUT2D eigenvalue weighted by Crippen LogP contribution is 2.26. The van der Waals surface area contributed by atoms with E-state index in [0.717, 1.165) is 0 Å². The first-order chi connectivity index (χ1) is 9.74. The first kappa shape index (κ1) is 17.8.